The minimum absolute atomic E-state index is 0.211. The number of fused-ring (bicyclic) bond motifs is 1. The molecule has 0 bridgehead atoms. The summed E-state index contributed by atoms with van der Waals surface area (Å²) in [6, 6.07) is 18.1. The first-order chi connectivity index (χ1) is 19.1. The van der Waals surface area contributed by atoms with Gasteiger partial charge in [-0.15, -0.1) is 0 Å². The van der Waals surface area contributed by atoms with Crippen LogP contribution in [0.1, 0.15) is 15.9 Å². The van der Waals surface area contributed by atoms with E-state index in [0.717, 1.165) is 86.1 Å². The van der Waals surface area contributed by atoms with Crippen LogP contribution < -0.4 is 25.9 Å². The molecule has 4 heterocycles. The van der Waals surface area contributed by atoms with E-state index in [1.807, 2.05) is 41.1 Å². The Morgan fingerprint density at radius 1 is 0.846 bits per heavy atom. The summed E-state index contributed by atoms with van der Waals surface area (Å²) >= 11 is 0. The minimum atomic E-state index is -1.21. The number of nitrogens with one attached hydrogen (secondary N) is 2. The summed E-state index contributed by atoms with van der Waals surface area (Å²) in [5, 5.41) is 17.0. The molecule has 200 valence electrons. The Balaban J connectivity index is 1.30. The van der Waals surface area contributed by atoms with Crippen LogP contribution in [0.4, 0.5) is 11.5 Å². The molecule has 2 aromatic carbocycles. The van der Waals surface area contributed by atoms with Crippen LogP contribution in [0.2, 0.25) is 0 Å². The topological polar surface area (TPSA) is 103 Å². The van der Waals surface area contributed by atoms with E-state index in [-0.39, 0.29) is 5.56 Å². The maximum absolute atomic E-state index is 13.3. The number of nitrogens with zero attached hydrogens (tertiary/aromatic N) is 4. The Kier molecular flexibility index (Phi) is 7.00. The first-order valence-electron chi connectivity index (χ1n) is 13.4. The van der Waals surface area contributed by atoms with Gasteiger partial charge in [0.1, 0.15) is 11.4 Å². The molecule has 2 aliphatic rings. The quantitative estimate of drug-likeness (QED) is 0.354. The highest BCUT2D eigenvalue weighted by Crippen LogP contribution is 2.27. The highest BCUT2D eigenvalue weighted by molar-refractivity contribution is 5.98. The number of pyridine rings is 2. The van der Waals surface area contributed by atoms with Crippen molar-refractivity contribution in [3.8, 4) is 11.1 Å². The number of rotatable bonds is 6. The summed E-state index contributed by atoms with van der Waals surface area (Å²) in [6.45, 7) is 7.49. The number of benzene rings is 2. The summed E-state index contributed by atoms with van der Waals surface area (Å²) in [4.78, 5) is 34.5. The average Bonchev–Trinajstić information content (AvgIpc) is 2.99. The summed E-state index contributed by atoms with van der Waals surface area (Å²) in [7, 11) is 0. The van der Waals surface area contributed by atoms with Crippen LogP contribution in [-0.2, 0) is 6.54 Å². The van der Waals surface area contributed by atoms with Crippen molar-refractivity contribution in [3.63, 3.8) is 0 Å². The smallest absolute Gasteiger partial charge is 0.341 e. The monoisotopic (exact) mass is 524 g/mol. The lowest BCUT2D eigenvalue weighted by Gasteiger charge is -2.30. The maximum Gasteiger partial charge on any atom is 0.341 e. The average molecular weight is 525 g/mol. The number of piperazine rings is 2. The molecule has 0 spiro atoms. The van der Waals surface area contributed by atoms with Crippen molar-refractivity contribution in [2.45, 2.75) is 6.54 Å². The van der Waals surface area contributed by atoms with Crippen molar-refractivity contribution in [1.29, 1.82) is 0 Å². The van der Waals surface area contributed by atoms with E-state index in [1.165, 1.54) is 6.20 Å². The van der Waals surface area contributed by atoms with E-state index in [0.29, 0.717) is 11.9 Å². The van der Waals surface area contributed by atoms with Crippen LogP contribution >= 0.6 is 0 Å². The fraction of sp³-hybridized carbons (Fsp3) is 0.300. The molecule has 0 amide bonds. The zero-order chi connectivity index (χ0) is 26.8. The first-order valence-corrected chi connectivity index (χ1v) is 13.4. The molecule has 39 heavy (non-hydrogen) atoms. The minimum Gasteiger partial charge on any atom is -0.477 e. The Hall–Kier alpha value is -4.21. The third kappa shape index (κ3) is 5.10. The third-order valence-corrected chi connectivity index (χ3v) is 7.60. The van der Waals surface area contributed by atoms with Crippen LogP contribution in [0.15, 0.2) is 71.8 Å². The van der Waals surface area contributed by atoms with Crippen molar-refractivity contribution in [3.05, 3.63) is 88.3 Å². The molecule has 0 aliphatic carbocycles. The molecule has 2 saturated heterocycles. The maximum atomic E-state index is 13.3. The molecule has 0 saturated carbocycles. The molecule has 0 atom stereocenters. The second-order valence-corrected chi connectivity index (χ2v) is 10.1. The van der Waals surface area contributed by atoms with Gasteiger partial charge in [-0.2, -0.15) is 0 Å². The molecule has 2 aromatic heterocycles. The molecule has 3 N–H and O–H groups in total. The van der Waals surface area contributed by atoms with Gasteiger partial charge in [0.15, 0.2) is 0 Å². The second-order valence-electron chi connectivity index (χ2n) is 10.1. The van der Waals surface area contributed by atoms with Gasteiger partial charge >= 0.3 is 5.97 Å². The van der Waals surface area contributed by atoms with Crippen LogP contribution in [0.25, 0.3) is 22.0 Å². The number of aromatic carboxylic acids is 1. The lowest BCUT2D eigenvalue weighted by molar-refractivity contribution is 0.0695. The number of carboxylic acid groups (broad SMARTS) is 1. The van der Waals surface area contributed by atoms with Gasteiger partial charge in [0.05, 0.1) is 16.6 Å². The predicted octanol–water partition coefficient (Wildman–Crippen LogP) is 2.63. The molecule has 9 nitrogen and oxygen atoms in total. The summed E-state index contributed by atoms with van der Waals surface area (Å²) in [5.74, 6) is -0.214. The van der Waals surface area contributed by atoms with Crippen molar-refractivity contribution < 1.29 is 9.90 Å². The van der Waals surface area contributed by atoms with E-state index in [2.05, 4.69) is 49.7 Å². The van der Waals surface area contributed by atoms with Crippen LogP contribution in [-0.4, -0.2) is 73.0 Å². The van der Waals surface area contributed by atoms with Crippen LogP contribution in [0.3, 0.4) is 0 Å². The van der Waals surface area contributed by atoms with E-state index in [9.17, 15) is 14.7 Å². The number of carboxylic acids is 1. The first kappa shape index (κ1) is 25.1. The molecule has 6 rings (SSSR count). The Bertz CT molecular complexity index is 1540. The van der Waals surface area contributed by atoms with Gasteiger partial charge in [-0.05, 0) is 35.4 Å². The largest absolute Gasteiger partial charge is 0.477 e. The molecular weight excluding hydrogens is 492 g/mol. The zero-order valence-corrected chi connectivity index (χ0v) is 21.8. The molecule has 0 radical (unpaired) electrons. The van der Waals surface area contributed by atoms with Gasteiger partial charge in [-0.25, -0.2) is 9.78 Å². The van der Waals surface area contributed by atoms with Crippen molar-refractivity contribution in [1.82, 2.24) is 20.2 Å². The van der Waals surface area contributed by atoms with Crippen molar-refractivity contribution in [2.75, 3.05) is 62.2 Å². The number of carbonyl (C=O) groups is 1. The normalized spacial score (nSPS) is 16.0. The van der Waals surface area contributed by atoms with E-state index >= 15 is 0 Å². The van der Waals surface area contributed by atoms with Gasteiger partial charge in [0, 0.05) is 76.9 Å². The van der Waals surface area contributed by atoms with Crippen LogP contribution in [0, 0.1) is 0 Å². The highest BCUT2D eigenvalue weighted by atomic mass is 16.4. The predicted molar refractivity (Wildman–Crippen MR) is 154 cm³/mol. The Morgan fingerprint density at radius 2 is 1.51 bits per heavy atom. The summed E-state index contributed by atoms with van der Waals surface area (Å²) in [6.07, 6.45) is 3.39. The molecule has 0 unspecified atom stereocenters. The number of hydrogen-bond acceptors (Lipinski definition) is 7. The number of anilines is 2. The van der Waals surface area contributed by atoms with Crippen LogP contribution in [0.5, 0.6) is 0 Å². The van der Waals surface area contributed by atoms with E-state index < -0.39 is 11.4 Å². The molecule has 4 aromatic rings. The van der Waals surface area contributed by atoms with Crippen molar-refractivity contribution >= 4 is 28.4 Å². The second kappa shape index (κ2) is 10.9. The molecule has 9 heteroatoms. The highest BCUT2D eigenvalue weighted by Gasteiger charge is 2.21. The van der Waals surface area contributed by atoms with Gasteiger partial charge in [0.25, 0.3) is 0 Å². The van der Waals surface area contributed by atoms with E-state index in [4.69, 9.17) is 0 Å². The van der Waals surface area contributed by atoms with Gasteiger partial charge in [0.2, 0.25) is 5.43 Å². The Morgan fingerprint density at radius 3 is 2.15 bits per heavy atom. The lowest BCUT2D eigenvalue weighted by Crippen LogP contribution is -2.44. The lowest BCUT2D eigenvalue weighted by atomic mass is 10.0. The Labute approximate surface area is 226 Å². The fourth-order valence-electron chi connectivity index (χ4n) is 5.51. The van der Waals surface area contributed by atoms with E-state index in [1.54, 1.807) is 0 Å². The van der Waals surface area contributed by atoms with Gasteiger partial charge in [-0.1, -0.05) is 30.3 Å². The fourth-order valence-corrected chi connectivity index (χ4v) is 5.51. The summed E-state index contributed by atoms with van der Waals surface area (Å²) in [5.41, 5.74) is 4.00. The number of hydrogen-bond donors (Lipinski definition) is 3. The van der Waals surface area contributed by atoms with Gasteiger partial charge < -0.3 is 30.1 Å². The SMILES string of the molecule is O=C(O)c1cn(Cc2ccc(-c3ccc(N4CCNCC4)nc3)cc2)c2cccc(N3CCNCC3)c2c1=O. The van der Waals surface area contributed by atoms with Crippen molar-refractivity contribution in [2.24, 2.45) is 0 Å². The molecule has 2 fully saturated rings. The summed E-state index contributed by atoms with van der Waals surface area (Å²) < 4.78 is 1.88. The standard InChI is InChI=1S/C30H32N6O3/c37-29-24(30(38)39)20-36(26-3-1-2-25(28(26)29)34-14-10-31-11-15-34)19-21-4-6-22(7-5-21)23-8-9-27(33-18-23)35-16-12-32-13-17-35/h1-9,18,20,31-32H,10-17,19H2,(H,38,39). The van der Waals surface area contributed by atoms with Gasteiger partial charge in [-0.3, -0.25) is 4.79 Å². The molecule has 2 aliphatic heterocycles. The zero-order valence-electron chi connectivity index (χ0n) is 21.8. The third-order valence-electron chi connectivity index (χ3n) is 7.60. The number of aromatic nitrogens is 2. The molecular formula is C30H32N6O3.